The largest absolute Gasteiger partial charge is 0.348 e. The molecule has 0 radical (unpaired) electrons. The van der Waals surface area contributed by atoms with Crippen LogP contribution in [0.25, 0.3) is 5.57 Å². The Bertz CT molecular complexity index is 1280. The highest BCUT2D eigenvalue weighted by atomic mass is 32.2. The third-order valence-corrected chi connectivity index (χ3v) is 9.17. The van der Waals surface area contributed by atoms with Gasteiger partial charge in [-0.15, -0.1) is 0 Å². The SMILES string of the molecule is CC1(C)OC[C@H](Cn2ccc(NC(=O)/C(=C/C3CC(F)C(F)C3)c3ccc(S(=O)(=O)C4CC4)cc3)n2)O1. The van der Waals surface area contributed by atoms with Crippen molar-refractivity contribution in [3.8, 4) is 0 Å². The van der Waals surface area contributed by atoms with E-state index in [9.17, 15) is 22.0 Å². The minimum atomic E-state index is -3.38. The number of carbonyl (C=O) groups is 1. The molecule has 11 heteroatoms. The van der Waals surface area contributed by atoms with Crippen molar-refractivity contribution in [3.05, 3.63) is 48.2 Å². The van der Waals surface area contributed by atoms with E-state index in [0.717, 1.165) is 0 Å². The summed E-state index contributed by atoms with van der Waals surface area (Å²) in [6.07, 6.45) is 1.25. The molecule has 3 fully saturated rings. The lowest BCUT2D eigenvalue weighted by Gasteiger charge is -2.17. The van der Waals surface area contributed by atoms with E-state index < -0.39 is 39.8 Å². The summed E-state index contributed by atoms with van der Waals surface area (Å²) in [4.78, 5) is 13.5. The fourth-order valence-electron chi connectivity index (χ4n) is 4.82. The van der Waals surface area contributed by atoms with E-state index in [1.54, 1.807) is 35.2 Å². The highest BCUT2D eigenvalue weighted by Crippen LogP contribution is 2.36. The number of anilines is 1. The van der Waals surface area contributed by atoms with Crippen LogP contribution in [-0.4, -0.2) is 60.2 Å². The van der Waals surface area contributed by atoms with Crippen LogP contribution < -0.4 is 5.32 Å². The monoisotopic (exact) mass is 535 g/mol. The second kappa shape index (κ2) is 9.92. The van der Waals surface area contributed by atoms with Gasteiger partial charge in [-0.2, -0.15) is 5.10 Å². The molecule has 2 saturated carbocycles. The maximum absolute atomic E-state index is 13.8. The summed E-state index contributed by atoms with van der Waals surface area (Å²) < 4.78 is 65.8. The van der Waals surface area contributed by atoms with E-state index in [4.69, 9.17) is 9.47 Å². The highest BCUT2D eigenvalue weighted by Gasteiger charge is 2.37. The molecule has 5 rings (SSSR count). The maximum atomic E-state index is 13.8. The van der Waals surface area contributed by atoms with Crippen molar-refractivity contribution in [2.75, 3.05) is 11.9 Å². The Labute approximate surface area is 214 Å². The number of benzene rings is 1. The number of nitrogens with zero attached hydrogens (tertiary/aromatic N) is 2. The molecule has 2 unspecified atom stereocenters. The molecule has 0 bridgehead atoms. The third-order valence-electron chi connectivity index (χ3n) is 6.89. The Kier molecular flexibility index (Phi) is 6.97. The molecule has 1 aromatic carbocycles. The first-order valence-electron chi connectivity index (χ1n) is 12.5. The molecule has 2 aromatic rings. The Morgan fingerprint density at radius 2 is 1.84 bits per heavy atom. The van der Waals surface area contributed by atoms with Crippen molar-refractivity contribution in [1.82, 2.24) is 9.78 Å². The number of nitrogens with one attached hydrogen (secondary N) is 1. The van der Waals surface area contributed by atoms with E-state index in [1.165, 1.54) is 12.1 Å². The van der Waals surface area contributed by atoms with Crippen LogP contribution in [0.3, 0.4) is 0 Å². The first kappa shape index (κ1) is 26.0. The average molecular weight is 536 g/mol. The number of hydrogen-bond acceptors (Lipinski definition) is 6. The van der Waals surface area contributed by atoms with Crippen molar-refractivity contribution >= 4 is 27.1 Å². The number of sulfone groups is 1. The number of hydrogen-bond donors (Lipinski definition) is 1. The molecular formula is C26H31F2N3O5S. The van der Waals surface area contributed by atoms with Crippen molar-refractivity contribution in [3.63, 3.8) is 0 Å². The minimum absolute atomic E-state index is 0.0134. The van der Waals surface area contributed by atoms with Crippen LogP contribution in [0.2, 0.25) is 0 Å². The number of amides is 1. The molecule has 8 nitrogen and oxygen atoms in total. The molecule has 2 aliphatic carbocycles. The molecule has 1 amide bonds. The van der Waals surface area contributed by atoms with Gasteiger partial charge < -0.3 is 14.8 Å². The first-order chi connectivity index (χ1) is 17.5. The van der Waals surface area contributed by atoms with Gasteiger partial charge in [-0.05, 0) is 63.1 Å². The molecule has 1 N–H and O–H groups in total. The lowest BCUT2D eigenvalue weighted by Crippen LogP contribution is -2.24. The molecule has 37 heavy (non-hydrogen) atoms. The van der Waals surface area contributed by atoms with Gasteiger partial charge in [0.1, 0.15) is 18.4 Å². The molecule has 1 aromatic heterocycles. The second-order valence-electron chi connectivity index (χ2n) is 10.4. The van der Waals surface area contributed by atoms with Gasteiger partial charge in [0, 0.05) is 17.8 Å². The molecule has 3 aliphatic rings. The Balaban J connectivity index is 1.34. The van der Waals surface area contributed by atoms with E-state index in [1.807, 2.05) is 13.8 Å². The van der Waals surface area contributed by atoms with Crippen LogP contribution in [0.15, 0.2) is 47.5 Å². The second-order valence-corrected chi connectivity index (χ2v) is 12.7. The predicted octanol–water partition coefficient (Wildman–Crippen LogP) is 4.08. The van der Waals surface area contributed by atoms with Crippen molar-refractivity contribution in [2.24, 2.45) is 5.92 Å². The topological polar surface area (TPSA) is 99.5 Å². The van der Waals surface area contributed by atoms with Crippen LogP contribution >= 0.6 is 0 Å². The quantitative estimate of drug-likeness (QED) is 0.512. The molecule has 3 atom stereocenters. The molecule has 1 saturated heterocycles. The number of rotatable bonds is 8. The van der Waals surface area contributed by atoms with Gasteiger partial charge >= 0.3 is 0 Å². The van der Waals surface area contributed by atoms with Crippen LogP contribution in [0, 0.1) is 5.92 Å². The van der Waals surface area contributed by atoms with Crippen molar-refractivity contribution in [1.29, 1.82) is 0 Å². The third kappa shape index (κ3) is 5.94. The minimum Gasteiger partial charge on any atom is -0.348 e. The summed E-state index contributed by atoms with van der Waals surface area (Å²) in [5, 5.41) is 6.80. The lowest BCUT2D eigenvalue weighted by molar-refractivity contribution is -0.139. The molecule has 2 heterocycles. The normalized spacial score (nSPS) is 27.9. The summed E-state index contributed by atoms with van der Waals surface area (Å²) in [5.74, 6) is -1.30. The molecule has 0 spiro atoms. The number of carbonyl (C=O) groups excluding carboxylic acids is 1. The van der Waals surface area contributed by atoms with Gasteiger partial charge in [-0.25, -0.2) is 17.2 Å². The standard InChI is InChI=1S/C26H31F2N3O5S/c1-26(2)35-15-18(36-26)14-31-10-9-24(30-31)29-25(32)21(11-16-12-22(27)23(28)13-16)17-3-5-19(6-4-17)37(33,34)20-7-8-20/h3-6,9-11,16,18,20,22-23H,7-8,12-15H2,1-2H3,(H,29,30,32)/b21-11+/t16?,18-,22?,23?/m0/s1. The first-order valence-corrected chi connectivity index (χ1v) is 14.1. The lowest BCUT2D eigenvalue weighted by atomic mass is 9.98. The summed E-state index contributed by atoms with van der Waals surface area (Å²) >= 11 is 0. The number of ether oxygens (including phenoxy) is 2. The average Bonchev–Trinajstić information content (AvgIpc) is 3.44. The van der Waals surface area contributed by atoms with E-state index in [0.29, 0.717) is 37.4 Å². The number of halogens is 2. The van der Waals surface area contributed by atoms with Gasteiger partial charge in [0.2, 0.25) is 0 Å². The van der Waals surface area contributed by atoms with Gasteiger partial charge in [-0.3, -0.25) is 9.48 Å². The van der Waals surface area contributed by atoms with Crippen molar-refractivity contribution < 1.29 is 31.5 Å². The summed E-state index contributed by atoms with van der Waals surface area (Å²) in [6.45, 7) is 4.55. The van der Waals surface area contributed by atoms with Gasteiger partial charge in [0.05, 0.1) is 23.3 Å². The number of allylic oxidation sites excluding steroid dienone is 1. The molecule has 200 valence electrons. The fourth-order valence-corrected chi connectivity index (χ4v) is 6.47. The number of alkyl halides is 2. The van der Waals surface area contributed by atoms with Crippen LogP contribution in [0.1, 0.15) is 45.1 Å². The van der Waals surface area contributed by atoms with Crippen LogP contribution in [0.4, 0.5) is 14.6 Å². The Hall–Kier alpha value is -2.63. The molecular weight excluding hydrogens is 504 g/mol. The van der Waals surface area contributed by atoms with Crippen LogP contribution in [0.5, 0.6) is 0 Å². The zero-order valence-corrected chi connectivity index (χ0v) is 21.6. The number of aromatic nitrogens is 2. The summed E-state index contributed by atoms with van der Waals surface area (Å²) in [7, 11) is -3.38. The predicted molar refractivity (Wildman–Crippen MR) is 133 cm³/mol. The Morgan fingerprint density at radius 1 is 1.16 bits per heavy atom. The zero-order valence-electron chi connectivity index (χ0n) is 20.8. The van der Waals surface area contributed by atoms with Gasteiger partial charge in [0.25, 0.3) is 5.91 Å². The fraction of sp³-hybridized carbons (Fsp3) is 0.538. The van der Waals surface area contributed by atoms with E-state index in [2.05, 4.69) is 10.4 Å². The van der Waals surface area contributed by atoms with Crippen molar-refractivity contribution in [2.45, 2.75) is 80.5 Å². The van der Waals surface area contributed by atoms with Gasteiger partial charge in [-0.1, -0.05) is 18.2 Å². The zero-order chi connectivity index (χ0) is 26.4. The summed E-state index contributed by atoms with van der Waals surface area (Å²) in [5.41, 5.74) is 0.675. The van der Waals surface area contributed by atoms with E-state index >= 15 is 0 Å². The smallest absolute Gasteiger partial charge is 0.257 e. The highest BCUT2D eigenvalue weighted by molar-refractivity contribution is 7.92. The van der Waals surface area contributed by atoms with E-state index in [-0.39, 0.29) is 34.7 Å². The maximum Gasteiger partial charge on any atom is 0.257 e. The molecule has 1 aliphatic heterocycles. The van der Waals surface area contributed by atoms with Gasteiger partial charge in [0.15, 0.2) is 21.4 Å². The van der Waals surface area contributed by atoms with Crippen LogP contribution in [-0.2, 0) is 30.7 Å². The Morgan fingerprint density at radius 3 is 2.43 bits per heavy atom. The summed E-state index contributed by atoms with van der Waals surface area (Å²) in [6, 6.07) is 7.73.